The van der Waals surface area contributed by atoms with E-state index in [4.69, 9.17) is 5.11 Å². The highest BCUT2D eigenvalue weighted by Gasteiger charge is 2.14. The van der Waals surface area contributed by atoms with E-state index in [0.29, 0.717) is 0 Å². The van der Waals surface area contributed by atoms with E-state index in [9.17, 15) is 0 Å². The molecule has 0 radical (unpaired) electrons. The van der Waals surface area contributed by atoms with Crippen LogP contribution in [0.5, 0.6) is 0 Å². The summed E-state index contributed by atoms with van der Waals surface area (Å²) in [5, 5.41) is 18.6. The van der Waals surface area contributed by atoms with Gasteiger partial charge in [-0.3, -0.25) is 9.55 Å². The van der Waals surface area contributed by atoms with Crippen molar-refractivity contribution in [1.82, 2.24) is 19.7 Å². The van der Waals surface area contributed by atoms with Gasteiger partial charge in [-0.1, -0.05) is 42.1 Å². The number of aromatic nitrogens is 4. The zero-order valence-corrected chi connectivity index (χ0v) is 14.2. The van der Waals surface area contributed by atoms with Crippen molar-refractivity contribution in [2.24, 2.45) is 0 Å². The van der Waals surface area contributed by atoms with Gasteiger partial charge in [0.15, 0.2) is 11.0 Å². The van der Waals surface area contributed by atoms with E-state index in [0.717, 1.165) is 41.7 Å². The van der Waals surface area contributed by atoms with Crippen LogP contribution in [0.4, 0.5) is 0 Å². The van der Waals surface area contributed by atoms with Gasteiger partial charge in [0.1, 0.15) is 0 Å². The standard InChI is InChI=1S/C18H20N4OS/c23-12-4-5-13-24-18-21-20-17(16-8-10-19-11-9-16)22(18)14-15-6-2-1-3-7-15/h1-3,6-11,23H,4-5,12-14H2. The Morgan fingerprint density at radius 2 is 1.75 bits per heavy atom. The Kier molecular flexibility index (Phi) is 5.98. The minimum absolute atomic E-state index is 0.236. The molecule has 0 spiro atoms. The lowest BCUT2D eigenvalue weighted by Gasteiger charge is -2.10. The quantitative estimate of drug-likeness (QED) is 0.504. The molecule has 0 bridgehead atoms. The minimum Gasteiger partial charge on any atom is -0.396 e. The summed E-state index contributed by atoms with van der Waals surface area (Å²) in [7, 11) is 0. The number of aliphatic hydroxyl groups is 1. The van der Waals surface area contributed by atoms with E-state index < -0.39 is 0 Å². The summed E-state index contributed by atoms with van der Waals surface area (Å²) in [6, 6.07) is 14.2. The second-order valence-electron chi connectivity index (χ2n) is 5.39. The number of hydrogen-bond donors (Lipinski definition) is 1. The van der Waals surface area contributed by atoms with Crippen molar-refractivity contribution in [3.05, 3.63) is 60.4 Å². The lowest BCUT2D eigenvalue weighted by molar-refractivity contribution is 0.287. The van der Waals surface area contributed by atoms with Gasteiger partial charge >= 0.3 is 0 Å². The van der Waals surface area contributed by atoms with Crippen molar-refractivity contribution in [2.45, 2.75) is 24.5 Å². The van der Waals surface area contributed by atoms with Crippen molar-refractivity contribution >= 4 is 11.8 Å². The highest BCUT2D eigenvalue weighted by Crippen LogP contribution is 2.25. The van der Waals surface area contributed by atoms with Gasteiger partial charge in [-0.05, 0) is 30.5 Å². The van der Waals surface area contributed by atoms with Crippen LogP contribution in [0.25, 0.3) is 11.4 Å². The Hall–Kier alpha value is -2.18. The van der Waals surface area contributed by atoms with E-state index in [1.54, 1.807) is 24.2 Å². The molecule has 1 aromatic carbocycles. The van der Waals surface area contributed by atoms with Crippen LogP contribution >= 0.6 is 11.8 Å². The van der Waals surface area contributed by atoms with Crippen LogP contribution in [-0.2, 0) is 6.54 Å². The van der Waals surface area contributed by atoms with Crippen LogP contribution in [-0.4, -0.2) is 37.2 Å². The van der Waals surface area contributed by atoms with Gasteiger partial charge in [0, 0.05) is 30.3 Å². The van der Waals surface area contributed by atoms with Gasteiger partial charge in [-0.2, -0.15) is 0 Å². The number of rotatable bonds is 8. The van der Waals surface area contributed by atoms with Crippen LogP contribution in [0.1, 0.15) is 18.4 Å². The summed E-state index contributed by atoms with van der Waals surface area (Å²) in [5.41, 5.74) is 2.22. The molecule has 6 heteroatoms. The molecule has 1 N–H and O–H groups in total. The summed E-state index contributed by atoms with van der Waals surface area (Å²) in [5.74, 6) is 1.77. The second kappa shape index (κ2) is 8.61. The van der Waals surface area contributed by atoms with Gasteiger partial charge in [0.05, 0.1) is 6.54 Å². The van der Waals surface area contributed by atoms with Crippen LogP contribution in [0, 0.1) is 0 Å². The highest BCUT2D eigenvalue weighted by molar-refractivity contribution is 7.99. The first-order valence-corrected chi connectivity index (χ1v) is 8.98. The lowest BCUT2D eigenvalue weighted by Crippen LogP contribution is -2.04. The molecule has 0 aliphatic carbocycles. The molecule has 0 aliphatic rings. The predicted molar refractivity (Wildman–Crippen MR) is 95.8 cm³/mol. The molecular formula is C18H20N4OS. The number of benzene rings is 1. The molecular weight excluding hydrogens is 320 g/mol. The molecule has 3 aromatic rings. The average Bonchev–Trinajstić information content (AvgIpc) is 3.03. The first kappa shape index (κ1) is 16.7. The number of nitrogens with zero attached hydrogens (tertiary/aromatic N) is 4. The van der Waals surface area contributed by atoms with Crippen LogP contribution in [0.2, 0.25) is 0 Å². The fourth-order valence-electron chi connectivity index (χ4n) is 2.40. The van der Waals surface area contributed by atoms with Gasteiger partial charge in [-0.25, -0.2) is 0 Å². The topological polar surface area (TPSA) is 63.8 Å². The Balaban J connectivity index is 1.87. The zero-order valence-electron chi connectivity index (χ0n) is 13.4. The number of pyridine rings is 1. The zero-order chi connectivity index (χ0) is 16.6. The van der Waals surface area contributed by atoms with Gasteiger partial charge < -0.3 is 5.11 Å². The number of aliphatic hydroxyl groups excluding tert-OH is 1. The molecule has 3 rings (SSSR count). The average molecular weight is 340 g/mol. The molecule has 0 aliphatic heterocycles. The highest BCUT2D eigenvalue weighted by atomic mass is 32.2. The summed E-state index contributed by atoms with van der Waals surface area (Å²) in [6.07, 6.45) is 5.32. The maximum Gasteiger partial charge on any atom is 0.191 e. The minimum atomic E-state index is 0.236. The lowest BCUT2D eigenvalue weighted by atomic mass is 10.2. The molecule has 2 heterocycles. The molecule has 0 saturated carbocycles. The fraction of sp³-hybridized carbons (Fsp3) is 0.278. The van der Waals surface area contributed by atoms with E-state index in [1.165, 1.54) is 5.56 Å². The molecule has 0 fully saturated rings. The van der Waals surface area contributed by atoms with Crippen molar-refractivity contribution < 1.29 is 5.11 Å². The molecule has 124 valence electrons. The Labute approximate surface area is 145 Å². The first-order chi connectivity index (χ1) is 11.9. The Bertz CT molecular complexity index is 746. The molecule has 0 unspecified atom stereocenters. The maximum atomic E-state index is 8.92. The SMILES string of the molecule is OCCCCSc1nnc(-c2ccncc2)n1Cc1ccccc1. The van der Waals surface area contributed by atoms with Crippen LogP contribution < -0.4 is 0 Å². The number of hydrogen-bond acceptors (Lipinski definition) is 5. The molecule has 5 nitrogen and oxygen atoms in total. The third-order valence-corrected chi connectivity index (χ3v) is 4.68. The maximum absolute atomic E-state index is 8.92. The smallest absolute Gasteiger partial charge is 0.191 e. The van der Waals surface area contributed by atoms with Gasteiger partial charge in [0.25, 0.3) is 0 Å². The van der Waals surface area contributed by atoms with Crippen molar-refractivity contribution in [2.75, 3.05) is 12.4 Å². The predicted octanol–water partition coefficient (Wildman–Crippen LogP) is 3.25. The van der Waals surface area contributed by atoms with Crippen LogP contribution in [0.15, 0.2) is 60.0 Å². The molecule has 24 heavy (non-hydrogen) atoms. The largest absolute Gasteiger partial charge is 0.396 e. The van der Waals surface area contributed by atoms with Crippen molar-refractivity contribution in [3.63, 3.8) is 0 Å². The number of unbranched alkanes of at least 4 members (excludes halogenated alkanes) is 1. The molecule has 0 amide bonds. The summed E-state index contributed by atoms with van der Waals surface area (Å²) in [4.78, 5) is 4.08. The van der Waals surface area contributed by atoms with E-state index >= 15 is 0 Å². The number of thioether (sulfide) groups is 1. The van der Waals surface area contributed by atoms with E-state index in [2.05, 4.69) is 31.9 Å². The molecule has 2 aromatic heterocycles. The summed E-state index contributed by atoms with van der Waals surface area (Å²) in [6.45, 7) is 0.966. The molecule has 0 atom stereocenters. The fourth-order valence-corrected chi connectivity index (χ4v) is 3.33. The van der Waals surface area contributed by atoms with Crippen molar-refractivity contribution in [1.29, 1.82) is 0 Å². The van der Waals surface area contributed by atoms with E-state index in [1.807, 2.05) is 30.3 Å². The third kappa shape index (κ3) is 4.21. The second-order valence-corrected chi connectivity index (χ2v) is 6.46. The third-order valence-electron chi connectivity index (χ3n) is 3.62. The normalized spacial score (nSPS) is 10.9. The summed E-state index contributed by atoms with van der Waals surface area (Å²) < 4.78 is 2.15. The summed E-state index contributed by atoms with van der Waals surface area (Å²) >= 11 is 1.68. The van der Waals surface area contributed by atoms with E-state index in [-0.39, 0.29) is 6.61 Å². The molecule has 0 saturated heterocycles. The van der Waals surface area contributed by atoms with Gasteiger partial charge in [-0.15, -0.1) is 10.2 Å². The van der Waals surface area contributed by atoms with Gasteiger partial charge in [0.2, 0.25) is 0 Å². The van der Waals surface area contributed by atoms with Crippen LogP contribution in [0.3, 0.4) is 0 Å². The Morgan fingerprint density at radius 1 is 0.958 bits per heavy atom. The first-order valence-electron chi connectivity index (χ1n) is 7.99. The van der Waals surface area contributed by atoms with Crippen molar-refractivity contribution in [3.8, 4) is 11.4 Å². The monoisotopic (exact) mass is 340 g/mol. The Morgan fingerprint density at radius 3 is 2.50 bits per heavy atom.